The van der Waals surface area contributed by atoms with Gasteiger partial charge in [0.25, 0.3) is 0 Å². The van der Waals surface area contributed by atoms with Crippen LogP contribution in [0, 0.1) is 0 Å². The molecule has 0 aromatic rings. The third-order valence-electron chi connectivity index (χ3n) is 10.9. The first-order valence-electron chi connectivity index (χ1n) is 24.3. The van der Waals surface area contributed by atoms with Gasteiger partial charge in [-0.05, 0) is 84.3 Å². The molecule has 0 rings (SSSR count). The highest BCUT2D eigenvalue weighted by Gasteiger charge is 2.19. The molecule has 0 bridgehead atoms. The number of alkyl carbamates (subject to hydrolysis) is 1. The highest BCUT2D eigenvalue weighted by Crippen LogP contribution is 2.13. The second kappa shape index (κ2) is 44.2. The molecule has 0 aromatic heterocycles. The minimum absolute atomic E-state index is 0.122. The van der Waals surface area contributed by atoms with Gasteiger partial charge in [-0.2, -0.15) is 0 Å². The molecule has 0 aromatic carbocycles. The topological polar surface area (TPSA) is 97.4 Å². The largest absolute Gasteiger partial charge is 0.462 e. The van der Waals surface area contributed by atoms with Crippen LogP contribution in [0.1, 0.15) is 207 Å². The van der Waals surface area contributed by atoms with E-state index < -0.39 is 12.2 Å². The number of nitrogens with one attached hydrogen (secondary N) is 1. The molecule has 9 nitrogen and oxygen atoms in total. The van der Waals surface area contributed by atoms with Gasteiger partial charge in [0.05, 0.1) is 0 Å². The van der Waals surface area contributed by atoms with Gasteiger partial charge in [0, 0.05) is 39.0 Å². The van der Waals surface area contributed by atoms with Crippen molar-refractivity contribution in [3.8, 4) is 0 Å². The molecule has 1 N–H and O–H groups in total. The second-order valence-electron chi connectivity index (χ2n) is 16.3. The number of allylic oxidation sites excluding steroid dienone is 4. The summed E-state index contributed by atoms with van der Waals surface area (Å²) in [5.74, 6) is -0.664. The van der Waals surface area contributed by atoms with Crippen molar-refractivity contribution in [2.75, 3.05) is 59.5 Å². The van der Waals surface area contributed by atoms with Crippen molar-refractivity contribution < 1.29 is 28.6 Å². The molecule has 1 atom stereocenters. The molecule has 0 heterocycles. The third-order valence-corrected chi connectivity index (χ3v) is 10.9. The molecule has 340 valence electrons. The van der Waals surface area contributed by atoms with Crippen LogP contribution in [0.4, 0.5) is 4.79 Å². The van der Waals surface area contributed by atoms with Crippen molar-refractivity contribution >= 4 is 18.0 Å². The molecule has 0 spiro atoms. The summed E-state index contributed by atoms with van der Waals surface area (Å²) in [6.07, 6.45) is 39.6. The monoisotopic (exact) mass is 820 g/mol. The van der Waals surface area contributed by atoms with Crippen LogP contribution in [0.2, 0.25) is 0 Å². The Bertz CT molecular complexity index is 985. The van der Waals surface area contributed by atoms with Crippen molar-refractivity contribution in [3.63, 3.8) is 0 Å². The van der Waals surface area contributed by atoms with E-state index in [9.17, 15) is 14.4 Å². The number of unbranched alkanes of at least 4 members (excludes halogenated alkanes) is 22. The first kappa shape index (κ1) is 55.6. The average Bonchev–Trinajstić information content (AvgIpc) is 3.22. The fourth-order valence-electron chi connectivity index (χ4n) is 6.83. The molecule has 1 amide bonds. The lowest BCUT2D eigenvalue weighted by Crippen LogP contribution is -2.38. The molecule has 0 saturated carbocycles. The highest BCUT2D eigenvalue weighted by molar-refractivity contribution is 5.70. The number of carbonyl (C=O) groups is 3. The van der Waals surface area contributed by atoms with E-state index in [1.165, 1.54) is 103 Å². The highest BCUT2D eigenvalue weighted by atomic mass is 16.6. The van der Waals surface area contributed by atoms with Gasteiger partial charge in [-0.3, -0.25) is 9.59 Å². The molecule has 1 unspecified atom stereocenters. The number of hydrogen-bond donors (Lipinski definition) is 1. The first-order chi connectivity index (χ1) is 28.4. The number of amides is 1. The van der Waals surface area contributed by atoms with Crippen molar-refractivity contribution in [1.29, 1.82) is 0 Å². The maximum Gasteiger partial charge on any atom is 0.407 e. The molecular formula is C49H93N3O6. The summed E-state index contributed by atoms with van der Waals surface area (Å²) in [4.78, 5) is 42.4. The number of rotatable bonds is 43. The number of likely N-dealkylation sites (N-methyl/N-ethyl adjacent to an activating group) is 2. The van der Waals surface area contributed by atoms with Crippen molar-refractivity contribution in [2.24, 2.45) is 0 Å². The lowest BCUT2D eigenvalue weighted by atomic mass is 10.1. The predicted molar refractivity (Wildman–Crippen MR) is 244 cm³/mol. The number of hydrogen-bond acceptors (Lipinski definition) is 8. The summed E-state index contributed by atoms with van der Waals surface area (Å²) >= 11 is 0. The smallest absolute Gasteiger partial charge is 0.407 e. The average molecular weight is 820 g/mol. The molecule has 9 heteroatoms. The summed E-state index contributed by atoms with van der Waals surface area (Å²) in [7, 11) is 2.04. The van der Waals surface area contributed by atoms with Gasteiger partial charge in [0.1, 0.15) is 13.2 Å². The lowest BCUT2D eigenvalue weighted by Gasteiger charge is -2.23. The van der Waals surface area contributed by atoms with E-state index >= 15 is 0 Å². The van der Waals surface area contributed by atoms with E-state index in [1.807, 2.05) is 7.05 Å². The lowest BCUT2D eigenvalue weighted by molar-refractivity contribution is -0.161. The minimum Gasteiger partial charge on any atom is -0.462 e. The van der Waals surface area contributed by atoms with E-state index in [2.05, 4.69) is 67.1 Å². The predicted octanol–water partition coefficient (Wildman–Crippen LogP) is 12.5. The van der Waals surface area contributed by atoms with Gasteiger partial charge in [0.15, 0.2) is 6.10 Å². The van der Waals surface area contributed by atoms with Crippen LogP contribution in [0.5, 0.6) is 0 Å². The van der Waals surface area contributed by atoms with E-state index in [-0.39, 0.29) is 25.2 Å². The molecule has 0 radical (unpaired) electrons. The van der Waals surface area contributed by atoms with Crippen LogP contribution in [-0.2, 0) is 23.8 Å². The van der Waals surface area contributed by atoms with Gasteiger partial charge in [-0.25, -0.2) is 4.79 Å². The zero-order valence-corrected chi connectivity index (χ0v) is 38.7. The number of carbonyl (C=O) groups excluding carboxylic acids is 3. The molecule has 0 fully saturated rings. The standard InChI is InChI=1S/C49H93N3O6/c1-6-10-12-14-16-18-20-22-24-26-28-30-32-34-36-38-47(53)56-44-46(45-57-49(55)50-40-41-51(5)42-43-52(8-3)9-4)58-48(54)39-37-35-33-31-29-27-25-23-21-19-17-15-13-11-7-2/h22-25,46H,6-21,26-45H2,1-5H3,(H,50,55)/b24-22-,25-23-. The normalized spacial score (nSPS) is 12.3. The summed E-state index contributed by atoms with van der Waals surface area (Å²) < 4.78 is 16.6. The SMILES string of the molecule is CCCCCCCC/C=C\CCCCCCCC(=O)OCC(COC(=O)NCCN(C)CCN(CC)CC)OC(=O)CCCCCCC/C=C\CCCCCCCC. The Kier molecular flexibility index (Phi) is 42.3. The maximum atomic E-state index is 12.8. The summed E-state index contributed by atoms with van der Waals surface area (Å²) in [6.45, 7) is 13.6. The van der Waals surface area contributed by atoms with Crippen LogP contribution in [0.25, 0.3) is 0 Å². The number of ether oxygens (including phenoxy) is 3. The third kappa shape index (κ3) is 40.4. The van der Waals surface area contributed by atoms with Crippen LogP contribution < -0.4 is 5.32 Å². The zero-order chi connectivity index (χ0) is 42.6. The Labute approximate surface area is 358 Å². The Hall–Kier alpha value is -2.39. The zero-order valence-electron chi connectivity index (χ0n) is 38.7. The van der Waals surface area contributed by atoms with Crippen LogP contribution >= 0.6 is 0 Å². The summed E-state index contributed by atoms with van der Waals surface area (Å²) in [5.41, 5.74) is 0. The fraction of sp³-hybridized carbons (Fsp3) is 0.857. The van der Waals surface area contributed by atoms with E-state index in [0.717, 1.165) is 90.4 Å². The Morgan fingerprint density at radius 1 is 0.500 bits per heavy atom. The Morgan fingerprint density at radius 3 is 1.38 bits per heavy atom. The number of nitrogens with zero attached hydrogens (tertiary/aromatic N) is 2. The quantitative estimate of drug-likeness (QED) is 0.0281. The van der Waals surface area contributed by atoms with Gasteiger partial charge in [-0.15, -0.1) is 0 Å². The van der Waals surface area contributed by atoms with Gasteiger partial charge in [-0.1, -0.05) is 155 Å². The molecule has 0 aliphatic heterocycles. The van der Waals surface area contributed by atoms with E-state index in [1.54, 1.807) is 0 Å². The molecule has 0 aliphatic rings. The molecule has 0 saturated heterocycles. The van der Waals surface area contributed by atoms with Crippen LogP contribution in [0.3, 0.4) is 0 Å². The molecule has 58 heavy (non-hydrogen) atoms. The summed E-state index contributed by atoms with van der Waals surface area (Å²) in [6, 6.07) is 0. The van der Waals surface area contributed by atoms with Gasteiger partial charge < -0.3 is 29.3 Å². The molecular weight excluding hydrogens is 727 g/mol. The summed E-state index contributed by atoms with van der Waals surface area (Å²) in [5, 5.41) is 2.79. The van der Waals surface area contributed by atoms with Crippen molar-refractivity contribution in [1.82, 2.24) is 15.1 Å². The van der Waals surface area contributed by atoms with Crippen LogP contribution in [0.15, 0.2) is 24.3 Å². The van der Waals surface area contributed by atoms with Gasteiger partial charge >= 0.3 is 18.0 Å². The minimum atomic E-state index is -0.837. The van der Waals surface area contributed by atoms with Gasteiger partial charge in [0.2, 0.25) is 0 Å². The second-order valence-corrected chi connectivity index (χ2v) is 16.3. The first-order valence-corrected chi connectivity index (χ1v) is 24.3. The van der Waals surface area contributed by atoms with E-state index in [4.69, 9.17) is 14.2 Å². The Balaban J connectivity index is 4.45. The van der Waals surface area contributed by atoms with Crippen molar-refractivity contribution in [3.05, 3.63) is 24.3 Å². The fourth-order valence-corrected chi connectivity index (χ4v) is 6.83. The maximum absolute atomic E-state index is 12.8. The Morgan fingerprint density at radius 2 is 0.914 bits per heavy atom. The van der Waals surface area contributed by atoms with Crippen LogP contribution in [-0.4, -0.2) is 93.5 Å². The van der Waals surface area contributed by atoms with Crippen molar-refractivity contribution in [2.45, 2.75) is 214 Å². The number of esters is 2. The van der Waals surface area contributed by atoms with E-state index in [0.29, 0.717) is 25.9 Å². The molecule has 0 aliphatic carbocycles.